The molecule has 3 aromatic heterocycles. The van der Waals surface area contributed by atoms with Crippen molar-refractivity contribution in [1.29, 1.82) is 0 Å². The van der Waals surface area contributed by atoms with Crippen LogP contribution in [0.4, 0.5) is 0 Å². The first kappa shape index (κ1) is 35.6. The molecule has 0 saturated heterocycles. The van der Waals surface area contributed by atoms with E-state index in [4.69, 9.17) is 9.97 Å². The quantitative estimate of drug-likeness (QED) is 0.162. The van der Waals surface area contributed by atoms with E-state index < -0.39 is 0 Å². The van der Waals surface area contributed by atoms with Crippen LogP contribution < -0.4 is 0 Å². The van der Waals surface area contributed by atoms with E-state index in [1.807, 2.05) is 12.1 Å². The van der Waals surface area contributed by atoms with Gasteiger partial charge < -0.3 is 9.13 Å². The molecule has 1 aliphatic rings. The topological polar surface area (TPSA) is 35.6 Å². The number of nitrogens with zero attached hydrogens (tertiary/aromatic N) is 4. The van der Waals surface area contributed by atoms with Crippen LogP contribution in [0.5, 0.6) is 0 Å². The first-order valence-corrected chi connectivity index (χ1v) is 20.7. The van der Waals surface area contributed by atoms with Gasteiger partial charge in [-0.1, -0.05) is 154 Å². The predicted octanol–water partition coefficient (Wildman–Crippen LogP) is 14.5. The third-order valence-electron chi connectivity index (χ3n) is 12.4. The highest BCUT2D eigenvalue weighted by atomic mass is 15.0. The van der Waals surface area contributed by atoms with Gasteiger partial charge in [0.2, 0.25) is 0 Å². The molecule has 60 heavy (non-hydrogen) atoms. The Morgan fingerprint density at radius 1 is 0.550 bits per heavy atom. The molecule has 4 heteroatoms. The lowest BCUT2D eigenvalue weighted by atomic mass is 9.81. The van der Waals surface area contributed by atoms with Crippen molar-refractivity contribution in [2.45, 2.75) is 26.2 Å². The zero-order valence-corrected chi connectivity index (χ0v) is 33.9. The molecule has 0 atom stereocenters. The van der Waals surface area contributed by atoms with Crippen LogP contribution in [0.1, 0.15) is 43.2 Å². The van der Waals surface area contributed by atoms with Crippen molar-refractivity contribution in [3.05, 3.63) is 205 Å². The van der Waals surface area contributed by atoms with E-state index in [0.717, 1.165) is 61.7 Å². The molecule has 4 nitrogen and oxygen atoms in total. The van der Waals surface area contributed by atoms with Gasteiger partial charge in [-0.05, 0) is 78.2 Å². The number of benzene rings is 7. The summed E-state index contributed by atoms with van der Waals surface area (Å²) in [6.45, 7) is 11.1. The molecule has 0 saturated carbocycles. The zero-order chi connectivity index (χ0) is 40.5. The summed E-state index contributed by atoms with van der Waals surface area (Å²) < 4.78 is 4.83. The second-order valence-corrected chi connectivity index (χ2v) is 16.2. The standard InChI is InChI=1S/C56H42N4/c1-5-20-40-43-33-39(31-32-51(43)59(49(40)6-2)38-25-14-9-15-26-38)60-50-30-19-17-28-42(50)52-44(34-46-53(54(52)60)41-27-16-18-29-45(41)56(46,3)4)48-35-47(36-21-10-7-11-22-36)57-55(58-48)37-23-12-8-13-24-37/h5-35H,2H2,1,3-4H3/b20-5-. The van der Waals surface area contributed by atoms with Crippen LogP contribution in [0.2, 0.25) is 0 Å². The van der Waals surface area contributed by atoms with Crippen molar-refractivity contribution in [2.75, 3.05) is 0 Å². The van der Waals surface area contributed by atoms with Crippen LogP contribution in [0.25, 0.3) is 101 Å². The summed E-state index contributed by atoms with van der Waals surface area (Å²) in [6, 6.07) is 60.8. The summed E-state index contributed by atoms with van der Waals surface area (Å²) in [6.07, 6.45) is 6.32. The fourth-order valence-corrected chi connectivity index (χ4v) is 9.71. The van der Waals surface area contributed by atoms with Gasteiger partial charge in [0.1, 0.15) is 0 Å². The lowest BCUT2D eigenvalue weighted by Crippen LogP contribution is -2.15. The molecule has 7 aromatic carbocycles. The Hall–Kier alpha value is -7.56. The number of para-hydroxylation sites is 2. The first-order valence-electron chi connectivity index (χ1n) is 20.7. The molecule has 0 radical (unpaired) electrons. The van der Waals surface area contributed by atoms with Crippen LogP contribution in [-0.2, 0) is 5.41 Å². The normalized spacial score (nSPS) is 13.1. The molecule has 10 aromatic rings. The number of hydrogen-bond donors (Lipinski definition) is 0. The Balaban J connectivity index is 1.28. The van der Waals surface area contributed by atoms with E-state index in [0.29, 0.717) is 5.82 Å². The maximum atomic E-state index is 5.44. The number of aromatic nitrogens is 4. The van der Waals surface area contributed by atoms with Crippen molar-refractivity contribution >= 4 is 44.9 Å². The molecule has 0 bridgehead atoms. The fourth-order valence-electron chi connectivity index (χ4n) is 9.71. The number of allylic oxidation sites excluding steroid dienone is 1. The molecule has 11 rings (SSSR count). The van der Waals surface area contributed by atoms with Crippen molar-refractivity contribution in [1.82, 2.24) is 19.1 Å². The molecule has 0 spiro atoms. The minimum Gasteiger partial charge on any atom is -0.309 e. The summed E-state index contributed by atoms with van der Waals surface area (Å²) in [5.41, 5.74) is 17.7. The van der Waals surface area contributed by atoms with Gasteiger partial charge in [0, 0.05) is 60.8 Å². The molecule has 1 aliphatic carbocycles. The van der Waals surface area contributed by atoms with Crippen LogP contribution in [0, 0.1) is 0 Å². The molecule has 286 valence electrons. The third-order valence-corrected chi connectivity index (χ3v) is 12.4. The Morgan fingerprint density at radius 3 is 1.95 bits per heavy atom. The highest BCUT2D eigenvalue weighted by Gasteiger charge is 2.39. The van der Waals surface area contributed by atoms with Gasteiger partial charge in [-0.25, -0.2) is 9.97 Å². The summed E-state index contributed by atoms with van der Waals surface area (Å²) in [7, 11) is 0. The van der Waals surface area contributed by atoms with Crippen LogP contribution in [0.15, 0.2) is 183 Å². The van der Waals surface area contributed by atoms with Crippen LogP contribution >= 0.6 is 0 Å². The molecule has 0 N–H and O–H groups in total. The van der Waals surface area contributed by atoms with E-state index in [9.17, 15) is 0 Å². The first-order chi connectivity index (χ1) is 29.5. The average molecular weight is 771 g/mol. The van der Waals surface area contributed by atoms with Crippen molar-refractivity contribution in [3.8, 4) is 56.4 Å². The van der Waals surface area contributed by atoms with Gasteiger partial charge in [-0.15, -0.1) is 0 Å². The van der Waals surface area contributed by atoms with Crippen molar-refractivity contribution < 1.29 is 0 Å². The Bertz CT molecular complexity index is 3290. The van der Waals surface area contributed by atoms with E-state index in [1.165, 1.54) is 43.9 Å². The maximum Gasteiger partial charge on any atom is 0.160 e. The van der Waals surface area contributed by atoms with E-state index in [-0.39, 0.29) is 5.41 Å². The molecule has 3 heterocycles. The van der Waals surface area contributed by atoms with Crippen LogP contribution in [0.3, 0.4) is 0 Å². The van der Waals surface area contributed by atoms with Gasteiger partial charge in [-0.3, -0.25) is 0 Å². The van der Waals surface area contributed by atoms with Gasteiger partial charge in [0.25, 0.3) is 0 Å². The highest BCUT2D eigenvalue weighted by Crippen LogP contribution is 2.55. The smallest absolute Gasteiger partial charge is 0.160 e. The van der Waals surface area contributed by atoms with Crippen molar-refractivity contribution in [2.24, 2.45) is 0 Å². The summed E-state index contributed by atoms with van der Waals surface area (Å²) >= 11 is 0. The Kier molecular flexibility index (Phi) is 8.18. The molecular weight excluding hydrogens is 729 g/mol. The second-order valence-electron chi connectivity index (χ2n) is 16.2. The molecule has 0 unspecified atom stereocenters. The van der Waals surface area contributed by atoms with Gasteiger partial charge in [-0.2, -0.15) is 0 Å². The van der Waals surface area contributed by atoms with E-state index >= 15 is 0 Å². The molecule has 0 aliphatic heterocycles. The summed E-state index contributed by atoms with van der Waals surface area (Å²) in [5.74, 6) is 0.704. The van der Waals surface area contributed by atoms with Crippen molar-refractivity contribution in [3.63, 3.8) is 0 Å². The van der Waals surface area contributed by atoms with Gasteiger partial charge >= 0.3 is 0 Å². The number of hydrogen-bond acceptors (Lipinski definition) is 2. The zero-order valence-electron chi connectivity index (χ0n) is 33.9. The fraction of sp³-hybridized carbons (Fsp3) is 0.0714. The highest BCUT2D eigenvalue weighted by molar-refractivity contribution is 6.21. The average Bonchev–Trinajstić information content (AvgIpc) is 3.89. The minimum absolute atomic E-state index is 0.261. The Morgan fingerprint density at radius 2 is 1.20 bits per heavy atom. The maximum absolute atomic E-state index is 5.44. The SMILES string of the molecule is C=Cc1c(/C=C\C)c2cc(-n3c4ccccc4c4c(-c5cc(-c6ccccc6)nc(-c6ccccc6)n5)cc5c(c43)-c3ccccc3C5(C)C)ccc2n1-c1ccccc1. The predicted molar refractivity (Wildman–Crippen MR) is 252 cm³/mol. The molecule has 0 fully saturated rings. The lowest BCUT2D eigenvalue weighted by molar-refractivity contribution is 0.661. The number of fused-ring (bicyclic) bond motifs is 8. The van der Waals surface area contributed by atoms with Gasteiger partial charge in [0.05, 0.1) is 33.6 Å². The van der Waals surface area contributed by atoms with Gasteiger partial charge in [0.15, 0.2) is 5.82 Å². The van der Waals surface area contributed by atoms with E-state index in [1.54, 1.807) is 0 Å². The molecule has 0 amide bonds. The Labute approximate surface area is 350 Å². The minimum atomic E-state index is -0.261. The lowest BCUT2D eigenvalue weighted by Gasteiger charge is -2.23. The summed E-state index contributed by atoms with van der Waals surface area (Å²) in [4.78, 5) is 10.6. The third kappa shape index (κ3) is 5.31. The molecular formula is C56H42N4. The number of rotatable bonds is 7. The monoisotopic (exact) mass is 770 g/mol. The van der Waals surface area contributed by atoms with Crippen LogP contribution in [-0.4, -0.2) is 19.1 Å². The largest absolute Gasteiger partial charge is 0.309 e. The second kappa shape index (κ2) is 13.8. The van der Waals surface area contributed by atoms with E-state index in [2.05, 4.69) is 212 Å². The summed E-state index contributed by atoms with van der Waals surface area (Å²) in [5, 5.41) is 3.52.